The number of likely N-dealkylation sites (tertiary alicyclic amines) is 2. The van der Waals surface area contributed by atoms with Crippen LogP contribution in [-0.2, 0) is 10.4 Å². The number of piperidine rings is 2. The Labute approximate surface area is 239 Å². The van der Waals surface area contributed by atoms with Crippen LogP contribution in [0.4, 0.5) is 27.6 Å². The second-order valence-electron chi connectivity index (χ2n) is 11.2. The lowest BCUT2D eigenvalue weighted by Crippen LogP contribution is -2.58. The summed E-state index contributed by atoms with van der Waals surface area (Å²) in [5.41, 5.74) is -3.07. The average molecular weight is 600 g/mol. The van der Waals surface area contributed by atoms with E-state index < -0.39 is 48.2 Å². The maximum Gasteiger partial charge on any atom is 0.430 e. The van der Waals surface area contributed by atoms with E-state index in [2.05, 4.69) is 4.90 Å². The van der Waals surface area contributed by atoms with Crippen LogP contribution in [0.25, 0.3) is 0 Å². The summed E-state index contributed by atoms with van der Waals surface area (Å²) < 4.78 is 68.1. The molecule has 3 heterocycles. The Kier molecular flexibility index (Phi) is 7.97. The molecule has 2 amide bonds. The van der Waals surface area contributed by atoms with Gasteiger partial charge in [-0.05, 0) is 55.7 Å². The van der Waals surface area contributed by atoms with Gasteiger partial charge in [0.1, 0.15) is 0 Å². The van der Waals surface area contributed by atoms with Gasteiger partial charge in [0.2, 0.25) is 0 Å². The van der Waals surface area contributed by atoms with Crippen molar-refractivity contribution in [2.45, 2.75) is 43.4 Å². The fourth-order valence-electron chi connectivity index (χ4n) is 6.22. The first kappa shape index (κ1) is 29.6. The molecule has 222 valence electrons. The summed E-state index contributed by atoms with van der Waals surface area (Å²) in [4.78, 5) is 29.8. The highest BCUT2D eigenvalue weighted by Crippen LogP contribution is 2.42. The van der Waals surface area contributed by atoms with E-state index in [1.807, 2.05) is 0 Å². The summed E-state index contributed by atoms with van der Waals surface area (Å²) in [6.07, 6.45) is -2.37. The summed E-state index contributed by atoms with van der Waals surface area (Å²) in [5, 5.41) is 10.8. The summed E-state index contributed by atoms with van der Waals surface area (Å²) in [6, 6.07) is 11.4. The number of hydrogen-bond donors (Lipinski definition) is 1. The maximum absolute atomic E-state index is 14.0. The van der Waals surface area contributed by atoms with Crippen molar-refractivity contribution in [2.24, 2.45) is 11.8 Å². The third-order valence-corrected chi connectivity index (χ3v) is 8.94. The fourth-order valence-corrected chi connectivity index (χ4v) is 6.48. The Hall–Kier alpha value is -2.92. The van der Waals surface area contributed by atoms with Gasteiger partial charge in [-0.1, -0.05) is 41.9 Å². The highest BCUT2D eigenvalue weighted by Gasteiger charge is 2.62. The number of amides is 2. The van der Waals surface area contributed by atoms with Gasteiger partial charge in [-0.25, -0.2) is 8.78 Å². The molecule has 3 fully saturated rings. The quantitative estimate of drug-likeness (QED) is 0.472. The highest BCUT2D eigenvalue weighted by molar-refractivity contribution is 6.34. The monoisotopic (exact) mass is 599 g/mol. The molecule has 3 saturated heterocycles. The zero-order chi connectivity index (χ0) is 29.6. The second kappa shape index (κ2) is 11.1. The molecular formula is C29H31ClF5N3O3. The summed E-state index contributed by atoms with van der Waals surface area (Å²) in [6.45, 7) is 0.495. The van der Waals surface area contributed by atoms with Crippen molar-refractivity contribution in [3.63, 3.8) is 0 Å². The first-order valence-electron chi connectivity index (χ1n) is 13.7. The standard InChI is InChI=1S/C29H31ClF5N3O3/c30-24-16-22(6-7-23(24)25(39)38-17-27(31,32)18-38)36-12-8-19(9-13-36)20-10-14-37(15-11-20)26(40)28(41,29(33,34)35)21-4-2-1-3-5-21/h1-7,16,19-20,41H,8-15,17-18H2/t28-/m1/s1. The van der Waals surface area contributed by atoms with Crippen molar-refractivity contribution in [1.29, 1.82) is 0 Å². The van der Waals surface area contributed by atoms with Gasteiger partial charge >= 0.3 is 6.18 Å². The number of carbonyl (C=O) groups excluding carboxylic acids is 2. The van der Waals surface area contributed by atoms with E-state index in [-0.39, 0.29) is 29.6 Å². The number of benzene rings is 2. The Morgan fingerprint density at radius 3 is 1.93 bits per heavy atom. The van der Waals surface area contributed by atoms with Gasteiger partial charge < -0.3 is 19.8 Å². The Morgan fingerprint density at radius 2 is 1.41 bits per heavy atom. The van der Waals surface area contributed by atoms with Crippen molar-refractivity contribution in [2.75, 3.05) is 44.2 Å². The van der Waals surface area contributed by atoms with E-state index in [0.29, 0.717) is 31.8 Å². The number of carbonyl (C=O) groups is 2. The normalized spacial score (nSPS) is 21.8. The number of rotatable bonds is 5. The lowest BCUT2D eigenvalue weighted by Gasteiger charge is -2.42. The topological polar surface area (TPSA) is 64.1 Å². The smallest absolute Gasteiger partial charge is 0.371 e. The molecule has 41 heavy (non-hydrogen) atoms. The minimum atomic E-state index is -5.16. The molecule has 12 heteroatoms. The SMILES string of the molecule is O=C(c1ccc(N2CCC(C3CCN(C(=O)[C@](O)(c4ccccc4)C(F)(F)F)CC3)CC2)cc1Cl)N1CC(F)(F)C1. The van der Waals surface area contributed by atoms with Crippen LogP contribution in [0.1, 0.15) is 41.6 Å². The zero-order valence-electron chi connectivity index (χ0n) is 22.2. The number of hydrogen-bond acceptors (Lipinski definition) is 4. The lowest BCUT2D eigenvalue weighted by molar-refractivity contribution is -0.262. The minimum absolute atomic E-state index is 0.142. The lowest BCUT2D eigenvalue weighted by atomic mass is 9.78. The molecule has 3 aliphatic heterocycles. The first-order valence-corrected chi connectivity index (χ1v) is 14.0. The summed E-state index contributed by atoms with van der Waals surface area (Å²) >= 11 is 6.35. The first-order chi connectivity index (χ1) is 19.3. The van der Waals surface area contributed by atoms with Gasteiger partial charge in [0.25, 0.3) is 23.3 Å². The van der Waals surface area contributed by atoms with E-state index in [9.17, 15) is 36.6 Å². The van der Waals surface area contributed by atoms with E-state index in [1.54, 1.807) is 18.2 Å². The minimum Gasteiger partial charge on any atom is -0.371 e. The highest BCUT2D eigenvalue weighted by atomic mass is 35.5. The molecule has 1 N–H and O–H groups in total. The molecule has 0 aliphatic carbocycles. The zero-order valence-corrected chi connectivity index (χ0v) is 23.0. The Balaban J connectivity index is 1.15. The van der Waals surface area contributed by atoms with Crippen molar-refractivity contribution in [3.05, 3.63) is 64.7 Å². The number of nitrogens with zero attached hydrogens (tertiary/aromatic N) is 3. The van der Waals surface area contributed by atoms with Crippen molar-refractivity contribution >= 4 is 29.1 Å². The van der Waals surface area contributed by atoms with Crippen LogP contribution in [-0.4, -0.2) is 78.1 Å². The Bertz CT molecular complexity index is 1270. The summed E-state index contributed by atoms with van der Waals surface area (Å²) in [5.74, 6) is -4.13. The molecule has 5 rings (SSSR count). The average Bonchev–Trinajstić information content (AvgIpc) is 2.94. The molecule has 0 aromatic heterocycles. The van der Waals surface area contributed by atoms with Crippen LogP contribution >= 0.6 is 11.6 Å². The van der Waals surface area contributed by atoms with Crippen LogP contribution in [0.15, 0.2) is 48.5 Å². The largest absolute Gasteiger partial charge is 0.430 e. The van der Waals surface area contributed by atoms with Crippen LogP contribution in [0.3, 0.4) is 0 Å². The molecule has 0 radical (unpaired) electrons. The van der Waals surface area contributed by atoms with Crippen molar-refractivity contribution in [1.82, 2.24) is 9.80 Å². The van der Waals surface area contributed by atoms with Crippen LogP contribution in [0.2, 0.25) is 5.02 Å². The number of halogens is 6. The van der Waals surface area contributed by atoms with Gasteiger partial charge in [0.05, 0.1) is 23.7 Å². The molecule has 3 aliphatic rings. The molecule has 2 aromatic rings. The van der Waals surface area contributed by atoms with E-state index in [4.69, 9.17) is 11.6 Å². The summed E-state index contributed by atoms with van der Waals surface area (Å²) in [7, 11) is 0. The fraction of sp³-hybridized carbons (Fsp3) is 0.517. The van der Waals surface area contributed by atoms with Crippen molar-refractivity contribution < 1.29 is 36.6 Å². The van der Waals surface area contributed by atoms with Crippen LogP contribution in [0.5, 0.6) is 0 Å². The van der Waals surface area contributed by atoms with E-state index >= 15 is 0 Å². The molecule has 0 spiro atoms. The van der Waals surface area contributed by atoms with Crippen molar-refractivity contribution in [3.8, 4) is 0 Å². The van der Waals surface area contributed by atoms with Crippen LogP contribution in [0, 0.1) is 11.8 Å². The second-order valence-corrected chi connectivity index (χ2v) is 11.6. The molecular weight excluding hydrogens is 569 g/mol. The van der Waals surface area contributed by atoms with E-state index in [0.717, 1.165) is 40.5 Å². The maximum atomic E-state index is 14.0. The van der Waals surface area contributed by atoms with Gasteiger partial charge in [-0.2, -0.15) is 13.2 Å². The Morgan fingerprint density at radius 1 is 0.854 bits per heavy atom. The molecule has 0 unspecified atom stereocenters. The molecule has 1 atom stereocenters. The van der Waals surface area contributed by atoms with Gasteiger partial charge in [0.15, 0.2) is 0 Å². The predicted molar refractivity (Wildman–Crippen MR) is 143 cm³/mol. The molecule has 6 nitrogen and oxygen atoms in total. The number of aliphatic hydroxyl groups is 1. The molecule has 0 saturated carbocycles. The van der Waals surface area contributed by atoms with Gasteiger partial charge in [0, 0.05) is 37.4 Å². The molecule has 0 bridgehead atoms. The molecule has 2 aromatic carbocycles. The van der Waals surface area contributed by atoms with E-state index in [1.165, 1.54) is 18.2 Å². The third-order valence-electron chi connectivity index (χ3n) is 8.62. The third kappa shape index (κ3) is 5.75. The van der Waals surface area contributed by atoms with Gasteiger partial charge in [-0.3, -0.25) is 9.59 Å². The predicted octanol–water partition coefficient (Wildman–Crippen LogP) is 5.34. The number of alkyl halides is 5. The van der Waals surface area contributed by atoms with Gasteiger partial charge in [-0.15, -0.1) is 0 Å². The van der Waals surface area contributed by atoms with Crippen LogP contribution < -0.4 is 4.90 Å². The number of anilines is 1.